The fourth-order valence-corrected chi connectivity index (χ4v) is 6.43. The molecule has 1 saturated carbocycles. The number of carboxylic acids is 1. The minimum absolute atomic E-state index is 0.0813. The van der Waals surface area contributed by atoms with Gasteiger partial charge in [0.2, 0.25) is 11.8 Å². The van der Waals surface area contributed by atoms with Gasteiger partial charge in [-0.05, 0) is 69.6 Å². The number of aromatic nitrogens is 1. The van der Waals surface area contributed by atoms with Crippen LogP contribution in [0.2, 0.25) is 0 Å². The van der Waals surface area contributed by atoms with E-state index in [-0.39, 0.29) is 74.9 Å². The molecule has 5 rings (SSSR count). The number of aryl methyl sites for hydroxylation is 1. The average Bonchev–Trinajstić information content (AvgIpc) is 3.60. The van der Waals surface area contributed by atoms with Gasteiger partial charge >= 0.3 is 12.1 Å². The van der Waals surface area contributed by atoms with Gasteiger partial charge in [-0.25, -0.2) is 9.78 Å². The fraction of sp³-hybridized carbons (Fsp3) is 0.583. The molecule has 1 aromatic carbocycles. The summed E-state index contributed by atoms with van der Waals surface area (Å²) in [4.78, 5) is 86.4. The van der Waals surface area contributed by atoms with E-state index in [1.165, 1.54) is 15.9 Å². The van der Waals surface area contributed by atoms with Crippen molar-refractivity contribution in [3.8, 4) is 5.75 Å². The van der Waals surface area contributed by atoms with Crippen LogP contribution in [0.15, 0.2) is 24.3 Å². The number of hydrogen-bond donors (Lipinski definition) is 3. The van der Waals surface area contributed by atoms with Crippen molar-refractivity contribution in [2.24, 2.45) is 0 Å². The molecule has 51 heavy (non-hydrogen) atoms. The predicted octanol–water partition coefficient (Wildman–Crippen LogP) is 2.63. The molecule has 3 N–H and O–H groups in total. The zero-order valence-corrected chi connectivity index (χ0v) is 29.4. The Morgan fingerprint density at radius 2 is 1.73 bits per heavy atom. The number of carbonyl (C=O) groups is 6. The first kappa shape index (κ1) is 37.3. The smallest absolute Gasteiger partial charge is 0.409 e. The van der Waals surface area contributed by atoms with Gasteiger partial charge < -0.3 is 39.9 Å². The first-order chi connectivity index (χ1) is 24.5. The molecule has 0 radical (unpaired) electrons. The molecule has 2 aliphatic heterocycles. The minimum atomic E-state index is -1.17. The summed E-state index contributed by atoms with van der Waals surface area (Å²) in [5.41, 5.74) is 1.22. The number of unbranched alkanes of at least 4 members (excludes halogenated alkanes) is 1. The lowest BCUT2D eigenvalue weighted by Gasteiger charge is -2.36. The lowest BCUT2D eigenvalue weighted by molar-refractivity contribution is -0.140. The average molecular weight is 709 g/mol. The van der Waals surface area contributed by atoms with E-state index in [2.05, 4.69) is 15.6 Å². The minimum Gasteiger partial charge on any atom is -0.483 e. The van der Waals surface area contributed by atoms with Crippen LogP contribution < -0.4 is 15.4 Å². The molecular formula is C36H48N6O9. The number of amides is 5. The number of pyridine rings is 1. The first-order valence-electron chi connectivity index (χ1n) is 17.9. The monoisotopic (exact) mass is 708 g/mol. The Morgan fingerprint density at radius 3 is 2.41 bits per heavy atom. The van der Waals surface area contributed by atoms with Crippen molar-refractivity contribution in [3.63, 3.8) is 0 Å². The van der Waals surface area contributed by atoms with E-state index in [0.717, 1.165) is 37.7 Å². The molecule has 1 aliphatic carbocycles. The number of rotatable bonds is 14. The summed E-state index contributed by atoms with van der Waals surface area (Å²) in [6.07, 6.45) is 4.94. The van der Waals surface area contributed by atoms with Gasteiger partial charge in [0.25, 0.3) is 11.8 Å². The lowest BCUT2D eigenvalue weighted by atomic mass is 9.93. The maximum absolute atomic E-state index is 13.7. The molecule has 276 valence electrons. The van der Waals surface area contributed by atoms with Crippen LogP contribution in [-0.4, -0.2) is 125 Å². The van der Waals surface area contributed by atoms with Gasteiger partial charge in [-0.2, -0.15) is 0 Å². The van der Waals surface area contributed by atoms with Crippen molar-refractivity contribution in [3.05, 3.63) is 35.5 Å². The highest BCUT2D eigenvalue weighted by atomic mass is 16.6. The lowest BCUT2D eigenvalue weighted by Crippen LogP contribution is -2.56. The van der Waals surface area contributed by atoms with Crippen LogP contribution in [0, 0.1) is 6.92 Å². The SMILES string of the molecule is CCCCOC(=O)N1CCN(C(=O)[C@H](CCC(=O)O)NC(=O)c2cc(OCC(=O)N3CCC[C@H]3C(=O)NC3CCC3)c3ccc(C)cc3n2)CC1. The third-order valence-electron chi connectivity index (χ3n) is 9.66. The van der Waals surface area contributed by atoms with Crippen LogP contribution in [0.5, 0.6) is 5.75 Å². The summed E-state index contributed by atoms with van der Waals surface area (Å²) >= 11 is 0. The highest BCUT2D eigenvalue weighted by Crippen LogP contribution is 2.28. The van der Waals surface area contributed by atoms with Gasteiger partial charge in [-0.15, -0.1) is 0 Å². The van der Waals surface area contributed by atoms with Crippen molar-refractivity contribution in [1.29, 1.82) is 0 Å². The molecule has 5 amide bonds. The number of likely N-dealkylation sites (tertiary alicyclic amines) is 1. The third kappa shape index (κ3) is 9.64. The molecule has 1 aromatic heterocycles. The van der Waals surface area contributed by atoms with Crippen molar-refractivity contribution in [2.45, 2.75) is 89.8 Å². The van der Waals surface area contributed by atoms with Gasteiger partial charge in [0.15, 0.2) is 6.61 Å². The molecule has 2 aromatic rings. The van der Waals surface area contributed by atoms with E-state index >= 15 is 0 Å². The number of carbonyl (C=O) groups excluding carboxylic acids is 5. The molecule has 15 nitrogen and oxygen atoms in total. The summed E-state index contributed by atoms with van der Waals surface area (Å²) in [7, 11) is 0. The quantitative estimate of drug-likeness (QED) is 0.246. The summed E-state index contributed by atoms with van der Waals surface area (Å²) in [6.45, 7) is 5.13. The number of aliphatic carboxylic acids is 1. The van der Waals surface area contributed by atoms with Crippen molar-refractivity contribution in [2.75, 3.05) is 45.9 Å². The Morgan fingerprint density at radius 1 is 0.980 bits per heavy atom. The molecule has 0 unspecified atom stereocenters. The molecule has 2 atom stereocenters. The third-order valence-corrected chi connectivity index (χ3v) is 9.66. The summed E-state index contributed by atoms with van der Waals surface area (Å²) in [6, 6.07) is 5.23. The van der Waals surface area contributed by atoms with Gasteiger partial charge in [0.05, 0.1) is 12.1 Å². The number of hydrogen-bond acceptors (Lipinski definition) is 9. The van der Waals surface area contributed by atoms with Crippen molar-refractivity contribution < 1.29 is 43.3 Å². The van der Waals surface area contributed by atoms with Crippen molar-refractivity contribution in [1.82, 2.24) is 30.3 Å². The summed E-state index contributed by atoms with van der Waals surface area (Å²) in [5, 5.41) is 15.7. The number of piperazine rings is 1. The topological polar surface area (TPSA) is 188 Å². The summed E-state index contributed by atoms with van der Waals surface area (Å²) < 4.78 is 11.3. The second-order valence-electron chi connectivity index (χ2n) is 13.4. The van der Waals surface area contributed by atoms with Crippen LogP contribution in [0.3, 0.4) is 0 Å². The molecule has 0 spiro atoms. The molecule has 15 heteroatoms. The molecular weight excluding hydrogens is 660 g/mol. The normalized spacial score (nSPS) is 18.2. The standard InChI is InChI=1S/C36H48N6O9/c1-3-4-19-50-36(49)41-17-15-40(16-18-41)35(48)26(12-13-32(44)45)39-33(46)28-21-30(25-11-10-23(2)20-27(25)38-28)51-22-31(43)42-14-6-9-29(42)34(47)37-24-7-5-8-24/h10-11,20-21,24,26,29H,3-9,12-19,22H2,1-2H3,(H,37,47)(H,39,46)(H,44,45)/t26-,29-/m0/s1. The van der Waals surface area contributed by atoms with E-state index in [9.17, 15) is 33.9 Å². The zero-order valence-electron chi connectivity index (χ0n) is 29.4. The van der Waals surface area contributed by atoms with E-state index in [0.29, 0.717) is 36.9 Å². The van der Waals surface area contributed by atoms with E-state index in [4.69, 9.17) is 9.47 Å². The highest BCUT2D eigenvalue weighted by Gasteiger charge is 2.36. The number of fused-ring (bicyclic) bond motifs is 1. The molecule has 0 bridgehead atoms. The Hall–Kier alpha value is -4.95. The maximum Gasteiger partial charge on any atom is 0.409 e. The number of benzene rings is 1. The molecule has 3 fully saturated rings. The second kappa shape index (κ2) is 17.3. The Bertz CT molecular complexity index is 1620. The van der Waals surface area contributed by atoms with Crippen LogP contribution >= 0.6 is 0 Å². The van der Waals surface area contributed by atoms with E-state index < -0.39 is 36.0 Å². The maximum atomic E-state index is 13.7. The molecule has 2 saturated heterocycles. The highest BCUT2D eigenvalue weighted by molar-refractivity contribution is 5.99. The van der Waals surface area contributed by atoms with E-state index in [1.807, 2.05) is 19.9 Å². The molecule has 3 aliphatic rings. The number of nitrogens with one attached hydrogen (secondary N) is 2. The second-order valence-corrected chi connectivity index (χ2v) is 13.4. The predicted molar refractivity (Wildman–Crippen MR) is 185 cm³/mol. The largest absolute Gasteiger partial charge is 0.483 e. The molecule has 3 heterocycles. The fourth-order valence-electron chi connectivity index (χ4n) is 6.43. The van der Waals surface area contributed by atoms with Gasteiger partial charge in [0.1, 0.15) is 23.5 Å². The Labute approximate surface area is 297 Å². The van der Waals surface area contributed by atoms with Crippen LogP contribution in [-0.2, 0) is 23.9 Å². The van der Waals surface area contributed by atoms with Gasteiger partial charge in [-0.3, -0.25) is 24.0 Å². The van der Waals surface area contributed by atoms with Crippen LogP contribution in [0.25, 0.3) is 10.9 Å². The summed E-state index contributed by atoms with van der Waals surface area (Å²) in [5.74, 6) is -2.58. The first-order valence-corrected chi connectivity index (χ1v) is 17.9. The Kier molecular flexibility index (Phi) is 12.7. The van der Waals surface area contributed by atoms with Crippen molar-refractivity contribution >= 4 is 46.6 Å². The number of ether oxygens (including phenoxy) is 2. The Balaban J connectivity index is 1.27. The van der Waals surface area contributed by atoms with Gasteiger partial charge in [0, 0.05) is 56.6 Å². The number of nitrogens with zero attached hydrogens (tertiary/aromatic N) is 4. The van der Waals surface area contributed by atoms with Crippen LogP contribution in [0.1, 0.15) is 80.8 Å². The van der Waals surface area contributed by atoms with Crippen LogP contribution in [0.4, 0.5) is 4.79 Å². The van der Waals surface area contributed by atoms with E-state index in [1.54, 1.807) is 17.0 Å². The number of carboxylic acid groups (broad SMARTS) is 1. The van der Waals surface area contributed by atoms with Gasteiger partial charge in [-0.1, -0.05) is 19.4 Å². The zero-order chi connectivity index (χ0) is 36.5.